The molecule has 1 atom stereocenters. The van der Waals surface area contributed by atoms with Gasteiger partial charge in [0.05, 0.1) is 0 Å². The van der Waals surface area contributed by atoms with E-state index in [9.17, 15) is 4.21 Å². The Kier molecular flexibility index (Phi) is 4.92. The van der Waals surface area contributed by atoms with Crippen molar-refractivity contribution in [3.8, 4) is 0 Å². The third kappa shape index (κ3) is 4.25. The first kappa shape index (κ1) is 13.3. The van der Waals surface area contributed by atoms with E-state index in [2.05, 4.69) is 25.4 Å². The number of nitrogens with one attached hydrogen (secondary N) is 2. The molecule has 0 radical (unpaired) electrons. The predicted octanol–water partition coefficient (Wildman–Crippen LogP) is 3.23. The van der Waals surface area contributed by atoms with Gasteiger partial charge in [-0.2, -0.15) is 0 Å². The van der Waals surface area contributed by atoms with Gasteiger partial charge in [0.1, 0.15) is 0 Å². The number of halogens is 1. The Morgan fingerprint density at radius 3 is 2.56 bits per heavy atom. The Labute approximate surface area is 117 Å². The van der Waals surface area contributed by atoms with Crippen molar-refractivity contribution in [1.29, 1.82) is 0 Å². The second kappa shape index (κ2) is 6.68. The number of benzene rings is 2. The summed E-state index contributed by atoms with van der Waals surface area (Å²) in [7, 11) is 0. The van der Waals surface area contributed by atoms with Crippen LogP contribution < -0.4 is 9.44 Å². The summed E-state index contributed by atoms with van der Waals surface area (Å²) >= 11 is 2.11. The van der Waals surface area contributed by atoms with Crippen molar-refractivity contribution in [3.63, 3.8) is 0 Å². The second-order valence-corrected chi connectivity index (χ2v) is 5.63. The highest BCUT2D eigenvalue weighted by molar-refractivity contribution is 9.10. The van der Waals surface area contributed by atoms with E-state index in [1.165, 1.54) is 0 Å². The minimum atomic E-state index is -1.29. The summed E-state index contributed by atoms with van der Waals surface area (Å²) in [4.78, 5) is 0. The lowest BCUT2D eigenvalue weighted by Gasteiger charge is -2.07. The lowest BCUT2D eigenvalue weighted by Crippen LogP contribution is -2.22. The van der Waals surface area contributed by atoms with Crippen LogP contribution in [0.3, 0.4) is 0 Å². The fourth-order valence-corrected chi connectivity index (χ4v) is 2.61. The fourth-order valence-electron chi connectivity index (χ4n) is 1.45. The molecule has 0 aliphatic heterocycles. The highest BCUT2D eigenvalue weighted by Crippen LogP contribution is 2.11. The number of hydrogen-bond acceptors (Lipinski definition) is 1. The zero-order valence-corrected chi connectivity index (χ0v) is 12.0. The first-order valence-electron chi connectivity index (χ1n) is 5.45. The van der Waals surface area contributed by atoms with Crippen molar-refractivity contribution >= 4 is 32.8 Å². The first-order chi connectivity index (χ1) is 8.74. The maximum atomic E-state index is 11.7. The molecule has 0 fully saturated rings. The van der Waals surface area contributed by atoms with Crippen molar-refractivity contribution in [2.75, 3.05) is 4.72 Å². The number of rotatable bonds is 5. The van der Waals surface area contributed by atoms with Gasteiger partial charge in [-0.15, -0.1) is 0 Å². The van der Waals surface area contributed by atoms with Crippen LogP contribution in [0.1, 0.15) is 5.56 Å². The van der Waals surface area contributed by atoms with Crippen molar-refractivity contribution in [3.05, 3.63) is 64.6 Å². The maximum absolute atomic E-state index is 11.7. The summed E-state index contributed by atoms with van der Waals surface area (Å²) in [6, 6.07) is 17.4. The number of anilines is 1. The summed E-state index contributed by atoms with van der Waals surface area (Å²) in [6.45, 7) is 0.548. The van der Waals surface area contributed by atoms with E-state index < -0.39 is 11.2 Å². The SMILES string of the molecule is O=S(NCc1cccc(Br)c1)Nc1ccccc1. The van der Waals surface area contributed by atoms with Crippen LogP contribution in [0.5, 0.6) is 0 Å². The van der Waals surface area contributed by atoms with Crippen LogP contribution in [0.15, 0.2) is 59.1 Å². The molecule has 0 bridgehead atoms. The number of para-hydroxylation sites is 1. The van der Waals surface area contributed by atoms with Crippen LogP contribution in [0.2, 0.25) is 0 Å². The van der Waals surface area contributed by atoms with Crippen LogP contribution >= 0.6 is 15.9 Å². The molecule has 0 spiro atoms. The van der Waals surface area contributed by atoms with E-state index in [-0.39, 0.29) is 0 Å². The molecule has 0 aromatic heterocycles. The molecule has 0 heterocycles. The molecular formula is C13H13BrN2OS. The zero-order chi connectivity index (χ0) is 12.8. The van der Waals surface area contributed by atoms with Gasteiger partial charge < -0.3 is 0 Å². The average Bonchev–Trinajstić information content (AvgIpc) is 2.38. The molecule has 3 nitrogen and oxygen atoms in total. The van der Waals surface area contributed by atoms with Crippen molar-refractivity contribution in [2.45, 2.75) is 6.54 Å². The third-order valence-electron chi connectivity index (χ3n) is 2.28. The van der Waals surface area contributed by atoms with E-state index in [0.717, 1.165) is 15.7 Å². The maximum Gasteiger partial charge on any atom is 0.193 e. The Morgan fingerprint density at radius 2 is 1.83 bits per heavy atom. The molecule has 18 heavy (non-hydrogen) atoms. The lowest BCUT2D eigenvalue weighted by molar-refractivity contribution is 0.675. The van der Waals surface area contributed by atoms with Crippen LogP contribution in [0, 0.1) is 0 Å². The largest absolute Gasteiger partial charge is 0.292 e. The van der Waals surface area contributed by atoms with E-state index in [1.54, 1.807) is 0 Å². The Bertz CT molecular complexity index is 534. The van der Waals surface area contributed by atoms with E-state index in [1.807, 2.05) is 54.6 Å². The molecule has 0 aliphatic rings. The molecule has 1 unspecified atom stereocenters. The third-order valence-corrected chi connectivity index (χ3v) is 3.60. The fraction of sp³-hybridized carbons (Fsp3) is 0.0769. The van der Waals surface area contributed by atoms with Gasteiger partial charge in [0, 0.05) is 16.7 Å². The van der Waals surface area contributed by atoms with Gasteiger partial charge in [-0.1, -0.05) is 46.3 Å². The summed E-state index contributed by atoms with van der Waals surface area (Å²) in [5.41, 5.74) is 1.91. The van der Waals surface area contributed by atoms with Gasteiger partial charge in [0.25, 0.3) is 0 Å². The average molecular weight is 325 g/mol. The summed E-state index contributed by atoms with van der Waals surface area (Å²) < 4.78 is 18.6. The topological polar surface area (TPSA) is 41.1 Å². The van der Waals surface area contributed by atoms with Crippen LogP contribution in [-0.4, -0.2) is 4.21 Å². The van der Waals surface area contributed by atoms with Crippen molar-refractivity contribution in [1.82, 2.24) is 4.72 Å². The minimum absolute atomic E-state index is 0.548. The Balaban J connectivity index is 1.85. The molecule has 2 aromatic carbocycles. The van der Waals surface area contributed by atoms with Gasteiger partial charge in [0.2, 0.25) is 0 Å². The van der Waals surface area contributed by atoms with Crippen LogP contribution in [0.25, 0.3) is 0 Å². The summed E-state index contributed by atoms with van der Waals surface area (Å²) in [5, 5.41) is 0. The smallest absolute Gasteiger partial charge is 0.193 e. The molecule has 5 heteroatoms. The highest BCUT2D eigenvalue weighted by Gasteiger charge is 2.00. The summed E-state index contributed by atoms with van der Waals surface area (Å²) in [5.74, 6) is 0. The Hall–Kier alpha value is -1.17. The standard InChI is InChI=1S/C13H13BrN2OS/c14-12-6-4-5-11(9-12)10-15-18(17)16-13-7-2-1-3-8-13/h1-9,15-16H,10H2. The van der Waals surface area contributed by atoms with Crippen molar-refractivity contribution in [2.24, 2.45) is 0 Å². The molecule has 2 rings (SSSR count). The van der Waals surface area contributed by atoms with E-state index in [0.29, 0.717) is 6.54 Å². The normalized spacial score (nSPS) is 12.1. The molecule has 2 N–H and O–H groups in total. The monoisotopic (exact) mass is 324 g/mol. The van der Waals surface area contributed by atoms with E-state index in [4.69, 9.17) is 0 Å². The van der Waals surface area contributed by atoms with Gasteiger partial charge in [-0.25, -0.2) is 8.93 Å². The molecule has 0 amide bonds. The van der Waals surface area contributed by atoms with Gasteiger partial charge in [-0.3, -0.25) is 4.72 Å². The first-order valence-corrected chi connectivity index (χ1v) is 7.40. The zero-order valence-electron chi connectivity index (χ0n) is 9.60. The molecule has 0 saturated heterocycles. The molecule has 2 aromatic rings. The van der Waals surface area contributed by atoms with Crippen LogP contribution in [-0.2, 0) is 17.7 Å². The van der Waals surface area contributed by atoms with Gasteiger partial charge in [-0.05, 0) is 29.8 Å². The lowest BCUT2D eigenvalue weighted by atomic mass is 10.2. The van der Waals surface area contributed by atoms with Gasteiger partial charge in [0.15, 0.2) is 11.2 Å². The number of hydrogen-bond donors (Lipinski definition) is 2. The molecular weight excluding hydrogens is 312 g/mol. The molecule has 0 aliphatic carbocycles. The summed E-state index contributed by atoms with van der Waals surface area (Å²) in [6.07, 6.45) is 0. The molecule has 0 saturated carbocycles. The minimum Gasteiger partial charge on any atom is -0.292 e. The van der Waals surface area contributed by atoms with Gasteiger partial charge >= 0.3 is 0 Å². The predicted molar refractivity (Wildman–Crippen MR) is 79.2 cm³/mol. The van der Waals surface area contributed by atoms with E-state index >= 15 is 0 Å². The van der Waals surface area contributed by atoms with Crippen LogP contribution in [0.4, 0.5) is 5.69 Å². The Morgan fingerprint density at radius 1 is 1.06 bits per heavy atom. The van der Waals surface area contributed by atoms with Crippen molar-refractivity contribution < 1.29 is 4.21 Å². The molecule has 94 valence electrons. The second-order valence-electron chi connectivity index (χ2n) is 3.69. The highest BCUT2D eigenvalue weighted by atomic mass is 79.9. The quantitative estimate of drug-likeness (QED) is 0.871.